The summed E-state index contributed by atoms with van der Waals surface area (Å²) in [6.07, 6.45) is 1.99. The highest BCUT2D eigenvalue weighted by Gasteiger charge is 2.17. The quantitative estimate of drug-likeness (QED) is 0.869. The van der Waals surface area contributed by atoms with Crippen LogP contribution in [-0.2, 0) is 4.79 Å². The van der Waals surface area contributed by atoms with E-state index in [-0.39, 0.29) is 12.0 Å². The Balaban J connectivity index is 1.73. The molecule has 1 aliphatic rings. The monoisotopic (exact) mass is 262 g/mol. The Labute approximate surface area is 114 Å². The van der Waals surface area contributed by atoms with Crippen LogP contribution >= 0.6 is 0 Å². The lowest BCUT2D eigenvalue weighted by molar-refractivity contribution is -0.116. The van der Waals surface area contributed by atoms with Crippen molar-refractivity contribution < 1.29 is 9.90 Å². The summed E-state index contributed by atoms with van der Waals surface area (Å²) in [6, 6.07) is 7.82. The van der Waals surface area contributed by atoms with Crippen molar-refractivity contribution in [3.63, 3.8) is 0 Å². The van der Waals surface area contributed by atoms with E-state index in [0.29, 0.717) is 6.42 Å². The predicted molar refractivity (Wildman–Crippen MR) is 76.1 cm³/mol. The Morgan fingerprint density at radius 2 is 2.16 bits per heavy atom. The number of benzene rings is 1. The fraction of sp³-hybridized carbons (Fsp3) is 0.533. The number of carbonyl (C=O) groups excluding carboxylic acids is 1. The van der Waals surface area contributed by atoms with Gasteiger partial charge in [0.1, 0.15) is 0 Å². The number of aliphatic hydroxyl groups excluding tert-OH is 1. The SMILES string of the molecule is Cc1cccc(NC(=O)CCN2CCC(O)CC2)c1. The van der Waals surface area contributed by atoms with Crippen LogP contribution in [0.3, 0.4) is 0 Å². The molecule has 1 fully saturated rings. The molecule has 0 spiro atoms. The van der Waals surface area contributed by atoms with Crippen molar-refractivity contribution in [3.05, 3.63) is 29.8 Å². The van der Waals surface area contributed by atoms with E-state index in [1.54, 1.807) is 0 Å². The minimum absolute atomic E-state index is 0.0525. The zero-order chi connectivity index (χ0) is 13.7. The maximum atomic E-state index is 11.8. The van der Waals surface area contributed by atoms with Crippen LogP contribution in [0.5, 0.6) is 0 Å². The molecule has 1 saturated heterocycles. The van der Waals surface area contributed by atoms with Crippen molar-refractivity contribution in [2.75, 3.05) is 25.0 Å². The molecule has 0 radical (unpaired) electrons. The molecule has 0 bridgehead atoms. The topological polar surface area (TPSA) is 52.6 Å². The summed E-state index contributed by atoms with van der Waals surface area (Å²) < 4.78 is 0. The molecule has 0 unspecified atom stereocenters. The molecule has 1 heterocycles. The molecule has 1 aliphatic heterocycles. The molecule has 2 N–H and O–H groups in total. The van der Waals surface area contributed by atoms with Crippen LogP contribution in [0.25, 0.3) is 0 Å². The molecule has 4 heteroatoms. The second-order valence-electron chi connectivity index (χ2n) is 5.24. The smallest absolute Gasteiger partial charge is 0.225 e. The van der Waals surface area contributed by atoms with Crippen molar-refractivity contribution in [1.29, 1.82) is 0 Å². The molecule has 2 rings (SSSR count). The van der Waals surface area contributed by atoms with Crippen LogP contribution in [0.4, 0.5) is 5.69 Å². The first-order chi connectivity index (χ1) is 9.13. The van der Waals surface area contributed by atoms with Gasteiger partial charge in [0.25, 0.3) is 0 Å². The van der Waals surface area contributed by atoms with E-state index in [1.165, 1.54) is 0 Å². The summed E-state index contributed by atoms with van der Waals surface area (Å²) >= 11 is 0. The predicted octanol–water partition coefficient (Wildman–Crippen LogP) is 1.78. The molecular formula is C15H22N2O2. The van der Waals surface area contributed by atoms with Gasteiger partial charge in [0.2, 0.25) is 5.91 Å². The summed E-state index contributed by atoms with van der Waals surface area (Å²) in [4.78, 5) is 14.1. The lowest BCUT2D eigenvalue weighted by atomic mass is 10.1. The molecule has 0 aliphatic carbocycles. The number of nitrogens with zero attached hydrogens (tertiary/aromatic N) is 1. The average molecular weight is 262 g/mol. The van der Waals surface area contributed by atoms with E-state index in [9.17, 15) is 9.90 Å². The first-order valence-corrected chi connectivity index (χ1v) is 6.90. The number of aryl methyl sites for hydroxylation is 1. The molecular weight excluding hydrogens is 240 g/mol. The Morgan fingerprint density at radius 3 is 2.84 bits per heavy atom. The van der Waals surface area contributed by atoms with Crippen LogP contribution < -0.4 is 5.32 Å². The van der Waals surface area contributed by atoms with E-state index < -0.39 is 0 Å². The van der Waals surface area contributed by atoms with Crippen molar-refractivity contribution in [2.24, 2.45) is 0 Å². The average Bonchev–Trinajstić information content (AvgIpc) is 2.38. The highest BCUT2D eigenvalue weighted by atomic mass is 16.3. The van der Waals surface area contributed by atoms with Gasteiger partial charge in [-0.15, -0.1) is 0 Å². The third-order valence-corrected chi connectivity index (χ3v) is 3.51. The number of carbonyl (C=O) groups is 1. The van der Waals surface area contributed by atoms with E-state index in [4.69, 9.17) is 0 Å². The van der Waals surface area contributed by atoms with Gasteiger partial charge in [-0.2, -0.15) is 0 Å². The number of anilines is 1. The lowest BCUT2D eigenvalue weighted by Gasteiger charge is -2.29. The van der Waals surface area contributed by atoms with Gasteiger partial charge in [0.05, 0.1) is 6.10 Å². The van der Waals surface area contributed by atoms with Crippen molar-refractivity contribution in [1.82, 2.24) is 4.90 Å². The van der Waals surface area contributed by atoms with Gasteiger partial charge in [-0.3, -0.25) is 4.79 Å². The third kappa shape index (κ3) is 4.65. The summed E-state index contributed by atoms with van der Waals surface area (Å²) in [5.74, 6) is 0.0525. The minimum Gasteiger partial charge on any atom is -0.393 e. The first kappa shape index (κ1) is 14.0. The molecule has 4 nitrogen and oxygen atoms in total. The second-order valence-corrected chi connectivity index (χ2v) is 5.24. The van der Waals surface area contributed by atoms with Gasteiger partial charge >= 0.3 is 0 Å². The number of nitrogens with one attached hydrogen (secondary N) is 1. The molecule has 1 amide bonds. The maximum Gasteiger partial charge on any atom is 0.225 e. The summed E-state index contributed by atoms with van der Waals surface area (Å²) in [6.45, 7) is 4.55. The van der Waals surface area contributed by atoms with Crippen LogP contribution in [0, 0.1) is 6.92 Å². The Hall–Kier alpha value is -1.39. The molecule has 0 saturated carbocycles. The zero-order valence-electron chi connectivity index (χ0n) is 11.4. The molecule has 1 aromatic rings. The van der Waals surface area contributed by atoms with Gasteiger partial charge in [0, 0.05) is 31.7 Å². The normalized spacial score (nSPS) is 17.4. The molecule has 0 aromatic heterocycles. The number of aliphatic hydroxyl groups is 1. The van der Waals surface area contributed by atoms with Crippen LogP contribution in [0.1, 0.15) is 24.8 Å². The number of rotatable bonds is 4. The highest BCUT2D eigenvalue weighted by Crippen LogP contribution is 2.12. The number of amides is 1. The van der Waals surface area contributed by atoms with Gasteiger partial charge in [0.15, 0.2) is 0 Å². The van der Waals surface area contributed by atoms with Crippen molar-refractivity contribution >= 4 is 11.6 Å². The van der Waals surface area contributed by atoms with Crippen LogP contribution in [0.15, 0.2) is 24.3 Å². The minimum atomic E-state index is -0.155. The second kappa shape index (κ2) is 6.68. The van der Waals surface area contributed by atoms with Crippen molar-refractivity contribution in [2.45, 2.75) is 32.3 Å². The fourth-order valence-corrected chi connectivity index (χ4v) is 2.35. The third-order valence-electron chi connectivity index (χ3n) is 3.51. The lowest BCUT2D eigenvalue weighted by Crippen LogP contribution is -2.37. The van der Waals surface area contributed by atoms with Gasteiger partial charge in [-0.1, -0.05) is 12.1 Å². The molecule has 0 atom stereocenters. The number of likely N-dealkylation sites (tertiary alicyclic amines) is 1. The summed E-state index contributed by atoms with van der Waals surface area (Å²) in [5.41, 5.74) is 2.00. The Kier molecular flexibility index (Phi) is 4.93. The molecule has 104 valence electrons. The number of hydrogen-bond acceptors (Lipinski definition) is 3. The number of hydrogen-bond donors (Lipinski definition) is 2. The summed E-state index contributed by atoms with van der Waals surface area (Å²) in [5, 5.41) is 12.3. The highest BCUT2D eigenvalue weighted by molar-refractivity contribution is 5.90. The maximum absolute atomic E-state index is 11.8. The van der Waals surface area contributed by atoms with Crippen LogP contribution in [0.2, 0.25) is 0 Å². The van der Waals surface area contributed by atoms with Gasteiger partial charge < -0.3 is 15.3 Å². The Morgan fingerprint density at radius 1 is 1.42 bits per heavy atom. The molecule has 1 aromatic carbocycles. The van der Waals surface area contributed by atoms with E-state index in [1.807, 2.05) is 31.2 Å². The molecule has 19 heavy (non-hydrogen) atoms. The first-order valence-electron chi connectivity index (χ1n) is 6.90. The van der Waals surface area contributed by atoms with E-state index >= 15 is 0 Å². The van der Waals surface area contributed by atoms with Crippen molar-refractivity contribution in [3.8, 4) is 0 Å². The zero-order valence-corrected chi connectivity index (χ0v) is 11.4. The van der Waals surface area contributed by atoms with E-state index in [0.717, 1.165) is 43.7 Å². The van der Waals surface area contributed by atoms with Crippen LogP contribution in [-0.4, -0.2) is 41.7 Å². The Bertz CT molecular complexity index is 426. The fourth-order valence-electron chi connectivity index (χ4n) is 2.35. The van der Waals surface area contributed by atoms with Gasteiger partial charge in [-0.05, 0) is 37.5 Å². The van der Waals surface area contributed by atoms with Gasteiger partial charge in [-0.25, -0.2) is 0 Å². The summed E-state index contributed by atoms with van der Waals surface area (Å²) in [7, 11) is 0. The largest absolute Gasteiger partial charge is 0.393 e. The van der Waals surface area contributed by atoms with E-state index in [2.05, 4.69) is 10.2 Å². The number of piperidine rings is 1. The standard InChI is InChI=1S/C15H22N2O2/c1-12-3-2-4-13(11-12)16-15(19)7-10-17-8-5-14(18)6-9-17/h2-4,11,14,18H,5-10H2,1H3,(H,16,19).